The third-order valence-electron chi connectivity index (χ3n) is 3.13. The normalized spacial score (nSPS) is 19.4. The molecule has 3 nitrogen and oxygen atoms in total. The molecule has 0 heterocycles. The maximum Gasteiger partial charge on any atom is 0.168 e. The van der Waals surface area contributed by atoms with Crippen molar-refractivity contribution < 1.29 is 9.59 Å². The molecule has 0 amide bonds. The Hall–Kier alpha value is -1.12. The van der Waals surface area contributed by atoms with Crippen molar-refractivity contribution in [2.45, 2.75) is 53.4 Å². The lowest BCUT2D eigenvalue weighted by molar-refractivity contribution is -0.127. The van der Waals surface area contributed by atoms with E-state index in [1.807, 2.05) is 20.8 Å². The summed E-state index contributed by atoms with van der Waals surface area (Å²) in [6, 6.07) is 0. The minimum atomic E-state index is -0.179. The van der Waals surface area contributed by atoms with Gasteiger partial charge >= 0.3 is 0 Å². The molecule has 0 atom stereocenters. The summed E-state index contributed by atoms with van der Waals surface area (Å²) in [5.74, 6) is -0.0134. The highest BCUT2D eigenvalue weighted by Gasteiger charge is 2.36. The van der Waals surface area contributed by atoms with Crippen molar-refractivity contribution in [3.8, 4) is 0 Å². The highest BCUT2D eigenvalue weighted by Crippen LogP contribution is 2.34. The van der Waals surface area contributed by atoms with Gasteiger partial charge in [-0.2, -0.15) is 0 Å². The maximum atomic E-state index is 12.0. The van der Waals surface area contributed by atoms with Crippen molar-refractivity contribution in [2.24, 2.45) is 5.41 Å². The number of ketones is 2. The lowest BCUT2D eigenvalue weighted by Crippen LogP contribution is -2.34. The summed E-state index contributed by atoms with van der Waals surface area (Å²) in [5.41, 5.74) is 0.978. The second-order valence-corrected chi connectivity index (χ2v) is 5.64. The molecular formula is C14H23NO2. The number of carbonyl (C=O) groups excluding carboxylic acids is 2. The summed E-state index contributed by atoms with van der Waals surface area (Å²) in [7, 11) is 0. The zero-order valence-corrected chi connectivity index (χ0v) is 11.4. The Kier molecular flexibility index (Phi) is 4.49. The number of unbranched alkanes of at least 4 members (excludes halogenated alkanes) is 1. The van der Waals surface area contributed by atoms with Gasteiger partial charge in [0, 0.05) is 25.1 Å². The van der Waals surface area contributed by atoms with Gasteiger partial charge in [-0.3, -0.25) is 9.59 Å². The van der Waals surface area contributed by atoms with E-state index >= 15 is 0 Å². The largest absolute Gasteiger partial charge is 0.388 e. The monoisotopic (exact) mass is 237 g/mol. The summed E-state index contributed by atoms with van der Waals surface area (Å²) in [4.78, 5) is 24.0. The van der Waals surface area contributed by atoms with Crippen LogP contribution in [0.2, 0.25) is 0 Å². The van der Waals surface area contributed by atoms with Gasteiger partial charge in [-0.15, -0.1) is 0 Å². The summed E-state index contributed by atoms with van der Waals surface area (Å²) < 4.78 is 0. The summed E-state index contributed by atoms with van der Waals surface area (Å²) in [6.45, 7) is 8.72. The topological polar surface area (TPSA) is 46.2 Å². The van der Waals surface area contributed by atoms with Gasteiger partial charge in [0.15, 0.2) is 11.6 Å². The van der Waals surface area contributed by atoms with Crippen LogP contribution in [-0.2, 0) is 9.59 Å². The van der Waals surface area contributed by atoms with Gasteiger partial charge in [-0.1, -0.05) is 27.2 Å². The van der Waals surface area contributed by atoms with Gasteiger partial charge < -0.3 is 5.32 Å². The fourth-order valence-corrected chi connectivity index (χ4v) is 2.22. The second kappa shape index (κ2) is 5.48. The Labute approximate surface area is 104 Å². The molecule has 0 aromatic carbocycles. The van der Waals surface area contributed by atoms with Crippen LogP contribution < -0.4 is 5.32 Å². The molecule has 1 fully saturated rings. The zero-order valence-electron chi connectivity index (χ0n) is 11.4. The number of hydrogen-bond donors (Lipinski definition) is 1. The van der Waals surface area contributed by atoms with E-state index in [0.29, 0.717) is 18.4 Å². The molecule has 1 aliphatic rings. The molecule has 0 unspecified atom stereocenters. The Balaban J connectivity index is 2.79. The lowest BCUT2D eigenvalue weighted by atomic mass is 9.73. The van der Waals surface area contributed by atoms with Crippen molar-refractivity contribution >= 4 is 11.6 Å². The molecule has 0 aromatic rings. The third-order valence-corrected chi connectivity index (χ3v) is 3.13. The molecule has 1 aliphatic carbocycles. The number of hydrogen-bond acceptors (Lipinski definition) is 3. The molecule has 0 aromatic heterocycles. The SMILES string of the molecule is CCCCNC(C)=C1C(=O)CC(C)(C)CC1=O. The van der Waals surface area contributed by atoms with Crippen LogP contribution in [0.5, 0.6) is 0 Å². The fourth-order valence-electron chi connectivity index (χ4n) is 2.22. The van der Waals surface area contributed by atoms with Crippen LogP contribution in [-0.4, -0.2) is 18.1 Å². The van der Waals surface area contributed by atoms with E-state index in [0.717, 1.165) is 25.1 Å². The number of rotatable bonds is 4. The standard InChI is InChI=1S/C14H23NO2/c1-5-6-7-15-10(2)13-11(16)8-14(3,4)9-12(13)17/h15H,5-9H2,1-4H3. The fraction of sp³-hybridized carbons (Fsp3) is 0.714. The van der Waals surface area contributed by atoms with Crippen LogP contribution in [0.4, 0.5) is 0 Å². The molecule has 17 heavy (non-hydrogen) atoms. The Morgan fingerprint density at radius 1 is 1.24 bits per heavy atom. The van der Waals surface area contributed by atoms with Gasteiger partial charge in [0.1, 0.15) is 0 Å². The van der Waals surface area contributed by atoms with Crippen molar-refractivity contribution in [1.82, 2.24) is 5.32 Å². The van der Waals surface area contributed by atoms with Crippen molar-refractivity contribution in [3.05, 3.63) is 11.3 Å². The van der Waals surface area contributed by atoms with Gasteiger partial charge in [0.05, 0.1) is 5.57 Å². The molecule has 1 rings (SSSR count). The van der Waals surface area contributed by atoms with Gasteiger partial charge in [0.2, 0.25) is 0 Å². The molecule has 96 valence electrons. The van der Waals surface area contributed by atoms with E-state index < -0.39 is 0 Å². The minimum Gasteiger partial charge on any atom is -0.388 e. The van der Waals surface area contributed by atoms with Crippen LogP contribution in [0.1, 0.15) is 53.4 Å². The third kappa shape index (κ3) is 3.69. The first-order valence-electron chi connectivity index (χ1n) is 6.38. The molecule has 0 saturated heterocycles. The van der Waals surface area contributed by atoms with E-state index in [4.69, 9.17) is 0 Å². The van der Waals surface area contributed by atoms with Crippen molar-refractivity contribution in [2.75, 3.05) is 6.54 Å². The molecular weight excluding hydrogens is 214 g/mol. The average Bonchev–Trinajstić information content (AvgIpc) is 2.14. The first kappa shape index (κ1) is 13.9. The van der Waals surface area contributed by atoms with Crippen LogP contribution in [0.25, 0.3) is 0 Å². The quantitative estimate of drug-likeness (QED) is 0.464. The van der Waals surface area contributed by atoms with E-state index in [1.54, 1.807) is 0 Å². The number of allylic oxidation sites excluding steroid dienone is 2. The van der Waals surface area contributed by atoms with Crippen LogP contribution in [0.15, 0.2) is 11.3 Å². The Bertz CT molecular complexity index is 331. The number of nitrogens with one attached hydrogen (secondary N) is 1. The maximum absolute atomic E-state index is 12.0. The summed E-state index contributed by atoms with van der Waals surface area (Å²) >= 11 is 0. The number of carbonyl (C=O) groups is 2. The molecule has 1 N–H and O–H groups in total. The van der Waals surface area contributed by atoms with E-state index in [1.165, 1.54) is 0 Å². The first-order valence-corrected chi connectivity index (χ1v) is 6.38. The van der Waals surface area contributed by atoms with Gasteiger partial charge in [-0.25, -0.2) is 0 Å². The highest BCUT2D eigenvalue weighted by molar-refractivity contribution is 6.22. The average molecular weight is 237 g/mol. The predicted octanol–water partition coefficient (Wildman–Crippen LogP) is 2.61. The van der Waals surface area contributed by atoms with Gasteiger partial charge in [0.25, 0.3) is 0 Å². The smallest absolute Gasteiger partial charge is 0.168 e. The Morgan fingerprint density at radius 3 is 2.24 bits per heavy atom. The highest BCUT2D eigenvalue weighted by atomic mass is 16.2. The molecule has 0 radical (unpaired) electrons. The summed E-state index contributed by atoms with van der Waals surface area (Å²) in [5, 5.41) is 3.18. The van der Waals surface area contributed by atoms with E-state index in [9.17, 15) is 9.59 Å². The zero-order chi connectivity index (χ0) is 13.1. The van der Waals surface area contributed by atoms with Crippen molar-refractivity contribution in [1.29, 1.82) is 0 Å². The molecule has 0 bridgehead atoms. The summed E-state index contributed by atoms with van der Waals surface area (Å²) in [6.07, 6.45) is 3.10. The van der Waals surface area contributed by atoms with E-state index in [-0.39, 0.29) is 17.0 Å². The Morgan fingerprint density at radius 2 is 1.76 bits per heavy atom. The molecule has 0 spiro atoms. The predicted molar refractivity (Wildman–Crippen MR) is 68.6 cm³/mol. The minimum absolute atomic E-state index is 0.00671. The van der Waals surface area contributed by atoms with E-state index in [2.05, 4.69) is 12.2 Å². The first-order chi connectivity index (χ1) is 7.87. The number of Topliss-reactive ketones (excluding diaryl/α,β-unsaturated/α-hetero) is 2. The lowest BCUT2D eigenvalue weighted by Gasteiger charge is -2.29. The molecule has 0 aliphatic heterocycles. The molecule has 3 heteroatoms. The van der Waals surface area contributed by atoms with Crippen molar-refractivity contribution in [3.63, 3.8) is 0 Å². The van der Waals surface area contributed by atoms with Crippen LogP contribution in [0, 0.1) is 5.41 Å². The van der Waals surface area contributed by atoms with Crippen LogP contribution in [0.3, 0.4) is 0 Å². The molecule has 1 saturated carbocycles. The van der Waals surface area contributed by atoms with Gasteiger partial charge in [-0.05, 0) is 18.8 Å². The second-order valence-electron chi connectivity index (χ2n) is 5.64. The van der Waals surface area contributed by atoms with Crippen LogP contribution >= 0.6 is 0 Å².